The highest BCUT2D eigenvalue weighted by molar-refractivity contribution is 9.09. The molecule has 19 heteroatoms. The van der Waals surface area contributed by atoms with Gasteiger partial charge in [-0.2, -0.15) is 15.3 Å². The topological polar surface area (TPSA) is 232 Å². The Labute approximate surface area is 476 Å². The van der Waals surface area contributed by atoms with Gasteiger partial charge in [-0.1, -0.05) is 52.3 Å². The Morgan fingerprint density at radius 1 is 0.512 bits per heavy atom. The van der Waals surface area contributed by atoms with E-state index in [4.69, 9.17) is 11.5 Å². The molecule has 0 atom stereocenters. The molecule has 0 spiro atoms. The second-order valence-electron chi connectivity index (χ2n) is 19.0. The summed E-state index contributed by atoms with van der Waals surface area (Å²) in [7, 11) is 0. The largest absolute Gasteiger partial charge is 0.369 e. The van der Waals surface area contributed by atoms with Gasteiger partial charge in [-0.05, 0) is 163 Å². The summed E-state index contributed by atoms with van der Waals surface area (Å²) in [5.41, 5.74) is 30.4. The number of hydrogen-bond donors (Lipinski definition) is 4. The van der Waals surface area contributed by atoms with E-state index >= 15 is 0 Å². The molecule has 0 radical (unpaired) electrons. The van der Waals surface area contributed by atoms with Crippen molar-refractivity contribution < 1.29 is 27.6 Å². The SMILES string of the molecule is Cc1cc(-c2ncccc2-c2ccc3[nH]ncc3c2)ccc1F.Cc1cc(-c2ncccc2-c2ccc3c(cnn3CC(N)=O)c2)ccc1F.Cc1cc(-c2ncccc2-c2ccc3nn(CC(N)=O)cc3c2)ccc1F.NC(=O)CBr. The Hall–Kier alpha value is -10.1. The van der Waals surface area contributed by atoms with Gasteiger partial charge in [0.15, 0.2) is 0 Å². The minimum absolute atomic E-state index is 0.0375. The van der Waals surface area contributed by atoms with Gasteiger partial charge in [0.25, 0.3) is 0 Å². The van der Waals surface area contributed by atoms with Crippen LogP contribution in [0.4, 0.5) is 13.2 Å². The molecule has 410 valence electrons. The number of H-pyrrole nitrogens is 1. The molecule has 15 nitrogen and oxygen atoms in total. The van der Waals surface area contributed by atoms with Crippen molar-refractivity contribution in [2.45, 2.75) is 33.9 Å². The molecule has 0 bridgehead atoms. The highest BCUT2D eigenvalue weighted by Gasteiger charge is 2.16. The molecular weight excluding hydrogens is 1110 g/mol. The maximum absolute atomic E-state index is 13.6. The molecule has 82 heavy (non-hydrogen) atoms. The molecule has 0 aliphatic rings. The van der Waals surface area contributed by atoms with Crippen molar-refractivity contribution in [3.05, 3.63) is 217 Å². The number of carbonyl (C=O) groups excluding carboxylic acids is 3. The molecular formula is C63H52BrF3N12O3. The van der Waals surface area contributed by atoms with Crippen molar-refractivity contribution in [1.82, 2.24) is 44.7 Å². The molecule has 12 rings (SSSR count). The van der Waals surface area contributed by atoms with Crippen LogP contribution in [-0.4, -0.2) is 67.8 Å². The fraction of sp³-hybridized carbons (Fsp3) is 0.0952. The number of nitrogens with two attached hydrogens (primary N) is 3. The van der Waals surface area contributed by atoms with E-state index in [9.17, 15) is 27.6 Å². The number of pyridine rings is 3. The lowest BCUT2D eigenvalue weighted by molar-refractivity contribution is -0.119. The van der Waals surface area contributed by atoms with Crippen LogP contribution in [0.15, 0.2) is 183 Å². The number of benzene rings is 6. The quantitative estimate of drug-likeness (QED) is 0.0901. The number of amides is 3. The van der Waals surface area contributed by atoms with Gasteiger partial charge in [0, 0.05) is 74.3 Å². The number of alkyl halides is 1. The maximum atomic E-state index is 13.6. The third-order valence-electron chi connectivity index (χ3n) is 13.0. The number of aryl methyl sites for hydroxylation is 3. The summed E-state index contributed by atoms with van der Waals surface area (Å²) in [5.74, 6) is -1.88. The summed E-state index contributed by atoms with van der Waals surface area (Å²) in [5, 5.41) is 18.7. The number of aromatic nitrogens is 9. The third-order valence-corrected chi connectivity index (χ3v) is 13.6. The molecule has 6 aromatic carbocycles. The second-order valence-corrected chi connectivity index (χ2v) is 19.5. The normalized spacial score (nSPS) is 10.8. The first kappa shape index (κ1) is 56.6. The Balaban J connectivity index is 0.000000143. The van der Waals surface area contributed by atoms with Crippen LogP contribution in [0, 0.1) is 38.2 Å². The fourth-order valence-corrected chi connectivity index (χ4v) is 9.10. The van der Waals surface area contributed by atoms with Crippen LogP contribution in [0.2, 0.25) is 0 Å². The molecule has 0 unspecified atom stereocenters. The zero-order valence-corrected chi connectivity index (χ0v) is 46.1. The minimum Gasteiger partial charge on any atom is -0.369 e. The minimum atomic E-state index is -0.441. The number of primary amides is 3. The van der Waals surface area contributed by atoms with Gasteiger partial charge in [-0.3, -0.25) is 43.8 Å². The van der Waals surface area contributed by atoms with Gasteiger partial charge >= 0.3 is 0 Å². The lowest BCUT2D eigenvalue weighted by atomic mass is 9.97. The average molecular weight is 1160 g/mol. The average Bonchev–Trinajstić information content (AvgIpc) is 4.15. The molecule has 0 aliphatic carbocycles. The van der Waals surface area contributed by atoms with E-state index < -0.39 is 11.8 Å². The highest BCUT2D eigenvalue weighted by atomic mass is 79.9. The summed E-state index contributed by atoms with van der Waals surface area (Å²) < 4.78 is 43.9. The zero-order chi connectivity index (χ0) is 58.0. The lowest BCUT2D eigenvalue weighted by Crippen LogP contribution is -2.19. The number of rotatable bonds is 11. The zero-order valence-electron chi connectivity index (χ0n) is 44.5. The van der Waals surface area contributed by atoms with Crippen LogP contribution in [0.5, 0.6) is 0 Å². The van der Waals surface area contributed by atoms with Gasteiger partial charge < -0.3 is 17.2 Å². The molecule has 6 heterocycles. The van der Waals surface area contributed by atoms with E-state index in [1.165, 1.54) is 22.9 Å². The van der Waals surface area contributed by atoms with E-state index in [2.05, 4.69) is 63.1 Å². The monoisotopic (exact) mass is 1160 g/mol. The lowest BCUT2D eigenvalue weighted by Gasteiger charge is -2.10. The van der Waals surface area contributed by atoms with Crippen LogP contribution in [-0.2, 0) is 27.5 Å². The van der Waals surface area contributed by atoms with Crippen molar-refractivity contribution >= 4 is 66.4 Å². The molecule has 0 saturated carbocycles. The summed E-state index contributed by atoms with van der Waals surface area (Å²) in [6, 6.07) is 44.6. The van der Waals surface area contributed by atoms with Crippen LogP contribution in [0.1, 0.15) is 16.7 Å². The summed E-state index contributed by atoms with van der Waals surface area (Å²) in [6.45, 7) is 5.31. The smallest absolute Gasteiger partial charge is 0.239 e. The van der Waals surface area contributed by atoms with Crippen LogP contribution < -0.4 is 17.2 Å². The van der Waals surface area contributed by atoms with Gasteiger partial charge in [0.1, 0.15) is 30.5 Å². The van der Waals surface area contributed by atoms with E-state index in [1.807, 2.05) is 91.0 Å². The van der Waals surface area contributed by atoms with E-state index in [-0.39, 0.29) is 41.8 Å². The Bertz CT molecular complexity index is 4230. The highest BCUT2D eigenvalue weighted by Crippen LogP contribution is 2.36. The maximum Gasteiger partial charge on any atom is 0.239 e. The van der Waals surface area contributed by atoms with Gasteiger partial charge in [0.05, 0.1) is 51.4 Å². The second kappa shape index (κ2) is 25.3. The number of nitrogens with zero attached hydrogens (tertiary/aromatic N) is 8. The number of hydrogen-bond acceptors (Lipinski definition) is 9. The van der Waals surface area contributed by atoms with E-state index in [0.717, 1.165) is 99.9 Å². The predicted octanol–water partition coefficient (Wildman–Crippen LogP) is 12.0. The number of carbonyl (C=O) groups is 3. The van der Waals surface area contributed by atoms with E-state index in [1.54, 1.807) is 93.0 Å². The first-order valence-corrected chi connectivity index (χ1v) is 26.6. The molecule has 12 aromatic rings. The van der Waals surface area contributed by atoms with Crippen molar-refractivity contribution in [2.24, 2.45) is 17.2 Å². The number of aromatic amines is 1. The summed E-state index contributed by atoms with van der Waals surface area (Å²) in [6.07, 6.45) is 10.5. The van der Waals surface area contributed by atoms with Crippen LogP contribution in [0.3, 0.4) is 0 Å². The van der Waals surface area contributed by atoms with Gasteiger partial charge in [0.2, 0.25) is 17.7 Å². The fourth-order valence-electron chi connectivity index (χ4n) is 9.10. The third kappa shape index (κ3) is 13.3. The van der Waals surface area contributed by atoms with Crippen molar-refractivity contribution in [1.29, 1.82) is 0 Å². The Morgan fingerprint density at radius 2 is 0.951 bits per heavy atom. The van der Waals surface area contributed by atoms with Crippen molar-refractivity contribution in [3.63, 3.8) is 0 Å². The molecule has 0 saturated heterocycles. The van der Waals surface area contributed by atoms with Crippen molar-refractivity contribution in [2.75, 3.05) is 5.33 Å². The first-order chi connectivity index (χ1) is 39.5. The van der Waals surface area contributed by atoms with Gasteiger partial charge in [-0.15, -0.1) is 0 Å². The number of nitrogens with one attached hydrogen (secondary N) is 1. The summed E-state index contributed by atoms with van der Waals surface area (Å²) >= 11 is 2.84. The molecule has 0 fully saturated rings. The Kier molecular flexibility index (Phi) is 17.5. The standard InChI is InChI=1S/2C21H17FN4O.C19H14FN3.C2H4BrNO/c1-13-9-15(4-6-18(13)22)21-17(3-2-8-24-21)14-5-7-19-16(10-14)11-26(25-19)12-20(23)27;1-13-9-15(4-6-18(13)22)21-17(3-2-8-24-21)14-5-7-19-16(10-14)11-25-26(19)12-20(23)27;1-12-9-14(4-6-17(12)20)19-16(3-2-8-21-19)13-5-7-18-15(10-13)11-22-23-18;3-1-2(4)5/h2*2-11H,12H2,1H3,(H2,23,27);2-11H,1H3,(H,22,23);1H2,(H2,4,5). The van der Waals surface area contributed by atoms with Crippen molar-refractivity contribution in [3.8, 4) is 67.2 Å². The van der Waals surface area contributed by atoms with Crippen LogP contribution in [0.25, 0.3) is 99.9 Å². The number of halogens is 4. The molecule has 7 N–H and O–H groups in total. The molecule has 6 aromatic heterocycles. The van der Waals surface area contributed by atoms with E-state index in [0.29, 0.717) is 16.7 Å². The first-order valence-electron chi connectivity index (χ1n) is 25.5. The number of fused-ring (bicyclic) bond motifs is 3. The molecule has 3 amide bonds. The van der Waals surface area contributed by atoms with Crippen LogP contribution >= 0.6 is 15.9 Å². The summed E-state index contributed by atoms with van der Waals surface area (Å²) in [4.78, 5) is 45.4. The molecule has 0 aliphatic heterocycles. The Morgan fingerprint density at radius 3 is 1.41 bits per heavy atom. The van der Waals surface area contributed by atoms with Gasteiger partial charge in [-0.25, -0.2) is 13.2 Å². The predicted molar refractivity (Wildman–Crippen MR) is 317 cm³/mol.